The normalized spacial score (nSPS) is 11.2. The summed E-state index contributed by atoms with van der Waals surface area (Å²) in [5, 5.41) is 0. The molecule has 0 atom stereocenters. The van der Waals surface area contributed by atoms with Crippen LogP contribution in [-0.2, 0) is 20.7 Å². The number of pyridine rings is 1. The van der Waals surface area contributed by atoms with Crippen molar-refractivity contribution in [3.8, 4) is 0 Å². The van der Waals surface area contributed by atoms with Gasteiger partial charge in [0.15, 0.2) is 5.78 Å². The molecule has 0 saturated heterocycles. The standard InChI is InChI=1S/C19H19NO5/c1-4-24-17(22)10-13-15-8-6-7-14-12(11(3)21)9-16(20(14)15)18(13)19(23)25-5-2/h6-9H,4-5,10H2,1-3H3. The van der Waals surface area contributed by atoms with E-state index in [-0.39, 0.29) is 25.4 Å². The summed E-state index contributed by atoms with van der Waals surface area (Å²) in [6.45, 7) is 5.43. The van der Waals surface area contributed by atoms with Crippen molar-refractivity contribution < 1.29 is 23.9 Å². The number of esters is 2. The van der Waals surface area contributed by atoms with Gasteiger partial charge in [0, 0.05) is 11.1 Å². The second-order valence-electron chi connectivity index (χ2n) is 5.69. The fourth-order valence-corrected chi connectivity index (χ4v) is 3.20. The van der Waals surface area contributed by atoms with Crippen LogP contribution in [0.4, 0.5) is 0 Å². The molecule has 0 aliphatic heterocycles. The second kappa shape index (κ2) is 6.55. The van der Waals surface area contributed by atoms with Crippen LogP contribution in [0.15, 0.2) is 24.3 Å². The van der Waals surface area contributed by atoms with Crippen LogP contribution in [0.1, 0.15) is 47.1 Å². The van der Waals surface area contributed by atoms with Crippen LogP contribution < -0.4 is 0 Å². The highest BCUT2D eigenvalue weighted by Gasteiger charge is 2.27. The molecule has 6 nitrogen and oxygen atoms in total. The van der Waals surface area contributed by atoms with E-state index in [1.54, 1.807) is 26.0 Å². The van der Waals surface area contributed by atoms with E-state index in [0.717, 1.165) is 0 Å². The summed E-state index contributed by atoms with van der Waals surface area (Å²) in [5.74, 6) is -1.00. The van der Waals surface area contributed by atoms with E-state index >= 15 is 0 Å². The summed E-state index contributed by atoms with van der Waals surface area (Å²) in [6, 6.07) is 7.13. The Labute approximate surface area is 144 Å². The third-order valence-electron chi connectivity index (χ3n) is 4.14. The Morgan fingerprint density at radius 2 is 1.68 bits per heavy atom. The molecule has 6 heteroatoms. The molecule has 0 bridgehead atoms. The fraction of sp³-hybridized carbons (Fsp3) is 0.316. The van der Waals surface area contributed by atoms with Crippen molar-refractivity contribution in [2.75, 3.05) is 13.2 Å². The van der Waals surface area contributed by atoms with Gasteiger partial charge in [0.05, 0.1) is 41.7 Å². The molecule has 0 radical (unpaired) electrons. The van der Waals surface area contributed by atoms with E-state index in [1.807, 2.05) is 16.5 Å². The quantitative estimate of drug-likeness (QED) is 0.509. The molecular weight excluding hydrogens is 322 g/mol. The molecule has 0 spiro atoms. The van der Waals surface area contributed by atoms with Gasteiger partial charge in [-0.2, -0.15) is 0 Å². The Hall–Kier alpha value is -2.89. The average Bonchev–Trinajstić information content (AvgIpc) is 3.08. The summed E-state index contributed by atoms with van der Waals surface area (Å²) in [6.07, 6.45) is -0.0296. The Bertz CT molecular complexity index is 969. The summed E-state index contributed by atoms with van der Waals surface area (Å²) in [4.78, 5) is 36.5. The minimum Gasteiger partial charge on any atom is -0.466 e. The predicted octanol–water partition coefficient (Wildman–Crippen LogP) is 3.02. The highest BCUT2D eigenvalue weighted by Crippen LogP contribution is 2.33. The fourth-order valence-electron chi connectivity index (χ4n) is 3.20. The number of hydrogen-bond acceptors (Lipinski definition) is 5. The molecule has 0 saturated carbocycles. The van der Waals surface area contributed by atoms with Crippen molar-refractivity contribution in [3.05, 3.63) is 41.0 Å². The van der Waals surface area contributed by atoms with E-state index in [1.165, 1.54) is 6.92 Å². The van der Waals surface area contributed by atoms with Gasteiger partial charge in [0.25, 0.3) is 0 Å². The molecule has 0 amide bonds. The summed E-state index contributed by atoms with van der Waals surface area (Å²) >= 11 is 0. The van der Waals surface area contributed by atoms with Crippen LogP contribution in [0.3, 0.4) is 0 Å². The first-order valence-corrected chi connectivity index (χ1v) is 8.21. The van der Waals surface area contributed by atoms with Crippen LogP contribution in [-0.4, -0.2) is 35.3 Å². The topological polar surface area (TPSA) is 74.1 Å². The SMILES string of the molecule is CCOC(=O)Cc1c(C(=O)OCC)c2cc(C(C)=O)c3cccc1n32. The average molecular weight is 341 g/mol. The van der Waals surface area contributed by atoms with Crippen LogP contribution in [0.25, 0.3) is 16.6 Å². The molecule has 3 rings (SSSR count). The maximum atomic E-state index is 12.6. The van der Waals surface area contributed by atoms with Crippen molar-refractivity contribution >= 4 is 34.3 Å². The number of ether oxygens (including phenoxy) is 2. The molecule has 0 aliphatic carbocycles. The Morgan fingerprint density at radius 1 is 1.00 bits per heavy atom. The molecule has 0 aromatic carbocycles. The molecular formula is C19H19NO5. The Morgan fingerprint density at radius 3 is 2.32 bits per heavy atom. The number of Topliss-reactive ketones (excluding diaryl/α,β-unsaturated/α-hetero) is 1. The maximum absolute atomic E-state index is 12.6. The van der Waals surface area contributed by atoms with E-state index in [2.05, 4.69) is 0 Å². The van der Waals surface area contributed by atoms with Crippen LogP contribution >= 0.6 is 0 Å². The highest BCUT2D eigenvalue weighted by molar-refractivity contribution is 6.10. The van der Waals surface area contributed by atoms with Gasteiger partial charge in [-0.1, -0.05) is 6.07 Å². The lowest BCUT2D eigenvalue weighted by Crippen LogP contribution is -2.12. The first-order valence-electron chi connectivity index (χ1n) is 8.21. The first-order chi connectivity index (χ1) is 12.0. The molecule has 3 aromatic rings. The molecule has 0 unspecified atom stereocenters. The minimum atomic E-state index is -0.507. The Balaban J connectivity index is 2.30. The van der Waals surface area contributed by atoms with E-state index < -0.39 is 11.9 Å². The number of ketones is 1. The van der Waals surface area contributed by atoms with Gasteiger partial charge in [0.1, 0.15) is 0 Å². The highest BCUT2D eigenvalue weighted by atomic mass is 16.5. The van der Waals surface area contributed by atoms with E-state index in [0.29, 0.717) is 33.2 Å². The van der Waals surface area contributed by atoms with Gasteiger partial charge < -0.3 is 13.9 Å². The predicted molar refractivity (Wildman–Crippen MR) is 92.4 cm³/mol. The smallest absolute Gasteiger partial charge is 0.340 e. The number of rotatable bonds is 6. The number of hydrogen-bond donors (Lipinski definition) is 0. The van der Waals surface area contributed by atoms with Gasteiger partial charge in [-0.05, 0) is 39.0 Å². The zero-order valence-corrected chi connectivity index (χ0v) is 14.4. The number of nitrogens with zero attached hydrogens (tertiary/aromatic N) is 1. The molecule has 25 heavy (non-hydrogen) atoms. The Kier molecular flexibility index (Phi) is 4.44. The van der Waals surface area contributed by atoms with E-state index in [4.69, 9.17) is 9.47 Å². The lowest BCUT2D eigenvalue weighted by Gasteiger charge is -2.06. The summed E-state index contributed by atoms with van der Waals surface area (Å²) < 4.78 is 12.0. The lowest BCUT2D eigenvalue weighted by molar-refractivity contribution is -0.142. The third-order valence-corrected chi connectivity index (χ3v) is 4.14. The van der Waals surface area contributed by atoms with Crippen LogP contribution in [0.2, 0.25) is 0 Å². The zero-order chi connectivity index (χ0) is 18.1. The molecule has 3 heterocycles. The molecule has 3 aromatic heterocycles. The number of carbonyl (C=O) groups excluding carboxylic acids is 3. The lowest BCUT2D eigenvalue weighted by atomic mass is 10.0. The van der Waals surface area contributed by atoms with Crippen molar-refractivity contribution in [1.29, 1.82) is 0 Å². The first kappa shape index (κ1) is 17.0. The maximum Gasteiger partial charge on any atom is 0.340 e. The van der Waals surface area contributed by atoms with Crippen molar-refractivity contribution in [1.82, 2.24) is 4.40 Å². The van der Waals surface area contributed by atoms with Gasteiger partial charge in [0.2, 0.25) is 0 Å². The minimum absolute atomic E-state index is 0.0296. The van der Waals surface area contributed by atoms with Gasteiger partial charge >= 0.3 is 11.9 Å². The molecule has 0 N–H and O–H groups in total. The van der Waals surface area contributed by atoms with E-state index in [9.17, 15) is 14.4 Å². The second-order valence-corrected chi connectivity index (χ2v) is 5.69. The molecule has 0 fully saturated rings. The van der Waals surface area contributed by atoms with Crippen molar-refractivity contribution in [2.24, 2.45) is 0 Å². The number of carbonyl (C=O) groups is 3. The van der Waals surface area contributed by atoms with Crippen molar-refractivity contribution in [2.45, 2.75) is 27.2 Å². The number of aromatic nitrogens is 1. The van der Waals surface area contributed by atoms with Gasteiger partial charge in [-0.3, -0.25) is 9.59 Å². The zero-order valence-electron chi connectivity index (χ0n) is 14.4. The van der Waals surface area contributed by atoms with Crippen LogP contribution in [0.5, 0.6) is 0 Å². The molecule has 130 valence electrons. The van der Waals surface area contributed by atoms with Crippen LogP contribution in [0, 0.1) is 0 Å². The molecule has 0 aliphatic rings. The van der Waals surface area contributed by atoms with Gasteiger partial charge in [-0.15, -0.1) is 0 Å². The van der Waals surface area contributed by atoms with Crippen molar-refractivity contribution in [3.63, 3.8) is 0 Å². The van der Waals surface area contributed by atoms with Gasteiger partial charge in [-0.25, -0.2) is 4.79 Å². The summed E-state index contributed by atoms with van der Waals surface area (Å²) in [7, 11) is 0. The summed E-state index contributed by atoms with van der Waals surface area (Å²) in [5.41, 5.74) is 3.41. The largest absolute Gasteiger partial charge is 0.466 e. The third kappa shape index (κ3) is 2.73. The monoisotopic (exact) mass is 341 g/mol.